The van der Waals surface area contributed by atoms with Crippen molar-refractivity contribution in [1.82, 2.24) is 14.9 Å². The summed E-state index contributed by atoms with van der Waals surface area (Å²) in [6, 6.07) is 0.594. The lowest BCUT2D eigenvalue weighted by molar-refractivity contribution is -0.141. The van der Waals surface area contributed by atoms with Gasteiger partial charge in [-0.15, -0.1) is 0 Å². The number of halogens is 5. The topological polar surface area (TPSA) is 58.1 Å². The number of hydrogen-bond donors (Lipinski definition) is 1. The molecule has 10 heteroatoms. The van der Waals surface area contributed by atoms with E-state index < -0.39 is 41.4 Å². The lowest BCUT2D eigenvalue weighted by Crippen LogP contribution is -2.44. The number of carbonyl (C=O) groups excluding carboxylic acids is 1. The predicted octanol–water partition coefficient (Wildman–Crippen LogP) is 4.07. The van der Waals surface area contributed by atoms with E-state index in [0.717, 1.165) is 0 Å². The zero-order valence-electron chi connectivity index (χ0n) is 13.7. The van der Waals surface area contributed by atoms with Crippen molar-refractivity contribution in [3.05, 3.63) is 53.1 Å². The van der Waals surface area contributed by atoms with Crippen LogP contribution in [0.1, 0.15) is 35.7 Å². The van der Waals surface area contributed by atoms with Gasteiger partial charge in [0, 0.05) is 17.8 Å². The summed E-state index contributed by atoms with van der Waals surface area (Å²) >= 11 is 0. The third-order valence-corrected chi connectivity index (χ3v) is 4.96. The number of amides is 2. The SMILES string of the molecule is O=C(Nc1cc(C(F)(F)F)ncc1F)N1[C@H]2CC[C@@H]1c1ccnc(F)c1C2. The van der Waals surface area contributed by atoms with Crippen molar-refractivity contribution < 1.29 is 26.7 Å². The van der Waals surface area contributed by atoms with Crippen LogP contribution in [0.25, 0.3) is 0 Å². The van der Waals surface area contributed by atoms with E-state index in [0.29, 0.717) is 36.2 Å². The highest BCUT2D eigenvalue weighted by atomic mass is 19.4. The lowest BCUT2D eigenvalue weighted by Gasteiger charge is -2.36. The summed E-state index contributed by atoms with van der Waals surface area (Å²) in [4.78, 5) is 20.7. The molecule has 0 spiro atoms. The number of nitrogens with zero attached hydrogens (tertiary/aromatic N) is 3. The second-order valence-corrected chi connectivity index (χ2v) is 6.51. The van der Waals surface area contributed by atoms with Gasteiger partial charge in [-0.2, -0.15) is 17.6 Å². The number of anilines is 1. The van der Waals surface area contributed by atoms with Crippen LogP contribution < -0.4 is 5.32 Å². The molecule has 1 saturated heterocycles. The molecule has 2 aromatic rings. The molecule has 1 fully saturated rings. The molecular formula is C17H13F5N4O. The number of fused-ring (bicyclic) bond motifs is 4. The molecule has 5 nitrogen and oxygen atoms in total. The Balaban J connectivity index is 1.62. The Hall–Kier alpha value is -2.78. The van der Waals surface area contributed by atoms with Crippen LogP contribution in [-0.4, -0.2) is 26.9 Å². The molecule has 0 unspecified atom stereocenters. The minimum absolute atomic E-state index is 0.256. The fraction of sp³-hybridized carbons (Fsp3) is 0.353. The van der Waals surface area contributed by atoms with E-state index in [2.05, 4.69) is 15.3 Å². The van der Waals surface area contributed by atoms with Crippen molar-refractivity contribution in [2.24, 2.45) is 0 Å². The van der Waals surface area contributed by atoms with Crippen molar-refractivity contribution in [2.45, 2.75) is 37.5 Å². The lowest BCUT2D eigenvalue weighted by atomic mass is 9.95. The summed E-state index contributed by atoms with van der Waals surface area (Å²) in [6.07, 6.45) is -1.59. The van der Waals surface area contributed by atoms with Crippen molar-refractivity contribution in [1.29, 1.82) is 0 Å². The van der Waals surface area contributed by atoms with Crippen LogP contribution >= 0.6 is 0 Å². The van der Waals surface area contributed by atoms with Crippen molar-refractivity contribution >= 4 is 11.7 Å². The van der Waals surface area contributed by atoms with Crippen molar-refractivity contribution in [3.63, 3.8) is 0 Å². The van der Waals surface area contributed by atoms with Crippen LogP contribution in [0.4, 0.5) is 32.4 Å². The highest BCUT2D eigenvalue weighted by Crippen LogP contribution is 2.44. The van der Waals surface area contributed by atoms with Crippen LogP contribution in [0.2, 0.25) is 0 Å². The minimum Gasteiger partial charge on any atom is -0.314 e. The summed E-state index contributed by atoms with van der Waals surface area (Å²) in [7, 11) is 0. The first kappa shape index (κ1) is 17.6. The van der Waals surface area contributed by atoms with Gasteiger partial charge >= 0.3 is 12.2 Å². The average Bonchev–Trinajstić information content (AvgIpc) is 2.92. The molecular weight excluding hydrogens is 371 g/mol. The van der Waals surface area contributed by atoms with Gasteiger partial charge in [0.05, 0.1) is 17.9 Å². The highest BCUT2D eigenvalue weighted by Gasteiger charge is 2.44. The number of urea groups is 1. The Bertz CT molecular complexity index is 917. The maximum Gasteiger partial charge on any atom is 0.433 e. The molecule has 4 heterocycles. The number of carbonyl (C=O) groups is 1. The molecule has 2 amide bonds. The summed E-state index contributed by atoms with van der Waals surface area (Å²) < 4.78 is 66.1. The van der Waals surface area contributed by atoms with Gasteiger partial charge < -0.3 is 10.2 Å². The summed E-state index contributed by atoms with van der Waals surface area (Å²) in [5, 5.41) is 2.20. The van der Waals surface area contributed by atoms with Crippen LogP contribution in [0.3, 0.4) is 0 Å². The zero-order valence-corrected chi connectivity index (χ0v) is 13.7. The van der Waals surface area contributed by atoms with Crippen LogP contribution in [0.5, 0.6) is 0 Å². The Kier molecular flexibility index (Phi) is 4.01. The fourth-order valence-corrected chi connectivity index (χ4v) is 3.80. The molecule has 0 saturated carbocycles. The van der Waals surface area contributed by atoms with Gasteiger partial charge in [0.15, 0.2) is 5.82 Å². The molecule has 2 aliphatic rings. The quantitative estimate of drug-likeness (QED) is 0.596. The maximum atomic E-state index is 13.9. The Labute approximate surface area is 150 Å². The van der Waals surface area contributed by atoms with E-state index in [1.54, 1.807) is 6.07 Å². The van der Waals surface area contributed by atoms with Gasteiger partial charge in [0.2, 0.25) is 5.95 Å². The molecule has 0 radical (unpaired) electrons. The molecule has 2 atom stereocenters. The van der Waals surface area contributed by atoms with E-state index in [1.807, 2.05) is 0 Å². The number of nitrogens with one attached hydrogen (secondary N) is 1. The fourth-order valence-electron chi connectivity index (χ4n) is 3.80. The first-order valence-electron chi connectivity index (χ1n) is 8.21. The zero-order chi connectivity index (χ0) is 19.3. The van der Waals surface area contributed by atoms with Crippen molar-refractivity contribution in [3.8, 4) is 0 Å². The normalized spacial score (nSPS) is 21.1. The molecule has 4 rings (SSSR count). The number of aromatic nitrogens is 2. The number of pyridine rings is 2. The van der Waals surface area contributed by atoms with Gasteiger partial charge in [-0.25, -0.2) is 19.2 Å². The molecule has 27 heavy (non-hydrogen) atoms. The highest BCUT2D eigenvalue weighted by molar-refractivity contribution is 5.90. The molecule has 0 aliphatic carbocycles. The molecule has 2 aromatic heterocycles. The molecule has 2 bridgehead atoms. The minimum atomic E-state index is -4.76. The number of hydrogen-bond acceptors (Lipinski definition) is 3. The molecule has 142 valence electrons. The van der Waals surface area contributed by atoms with E-state index in [-0.39, 0.29) is 12.5 Å². The Morgan fingerprint density at radius 2 is 2.00 bits per heavy atom. The van der Waals surface area contributed by atoms with Crippen LogP contribution in [0, 0.1) is 11.8 Å². The van der Waals surface area contributed by atoms with E-state index >= 15 is 0 Å². The van der Waals surface area contributed by atoms with Crippen LogP contribution in [-0.2, 0) is 12.6 Å². The molecule has 1 N–H and O–H groups in total. The third kappa shape index (κ3) is 2.98. The van der Waals surface area contributed by atoms with Gasteiger partial charge in [-0.3, -0.25) is 0 Å². The largest absolute Gasteiger partial charge is 0.433 e. The Morgan fingerprint density at radius 1 is 1.22 bits per heavy atom. The predicted molar refractivity (Wildman–Crippen MR) is 83.7 cm³/mol. The first-order valence-corrected chi connectivity index (χ1v) is 8.21. The number of rotatable bonds is 1. The van der Waals surface area contributed by atoms with Gasteiger partial charge in [0.1, 0.15) is 5.69 Å². The van der Waals surface area contributed by atoms with E-state index in [9.17, 15) is 26.7 Å². The first-order chi connectivity index (χ1) is 12.8. The maximum absolute atomic E-state index is 13.9. The summed E-state index contributed by atoms with van der Waals surface area (Å²) in [6.45, 7) is 0. The summed E-state index contributed by atoms with van der Waals surface area (Å²) in [5.41, 5.74) is -0.839. The summed E-state index contributed by atoms with van der Waals surface area (Å²) in [5.74, 6) is -1.66. The van der Waals surface area contributed by atoms with Gasteiger partial charge in [-0.1, -0.05) is 0 Å². The van der Waals surface area contributed by atoms with Crippen LogP contribution in [0.15, 0.2) is 24.5 Å². The molecule has 2 aliphatic heterocycles. The van der Waals surface area contributed by atoms with Crippen molar-refractivity contribution in [2.75, 3.05) is 5.32 Å². The standard InChI is InChI=1S/C17H13F5N4O/c18-11-7-24-14(17(20,21)22)6-12(11)25-16(27)26-8-1-2-13(26)9-3-4-23-15(19)10(9)5-8/h3-4,6-8,13H,1-2,5H2,(H,24,25,27)/t8-,13+/m0/s1. The third-order valence-electron chi connectivity index (χ3n) is 4.96. The van der Waals surface area contributed by atoms with E-state index in [1.165, 1.54) is 11.1 Å². The molecule has 0 aromatic carbocycles. The van der Waals surface area contributed by atoms with E-state index in [4.69, 9.17) is 0 Å². The second kappa shape index (κ2) is 6.14. The average molecular weight is 384 g/mol. The van der Waals surface area contributed by atoms with Gasteiger partial charge in [-0.05, 0) is 37.0 Å². The van der Waals surface area contributed by atoms with Gasteiger partial charge in [0.25, 0.3) is 0 Å². The number of alkyl halides is 3. The smallest absolute Gasteiger partial charge is 0.314 e. The Morgan fingerprint density at radius 3 is 2.74 bits per heavy atom. The second-order valence-electron chi connectivity index (χ2n) is 6.51. The monoisotopic (exact) mass is 384 g/mol.